The summed E-state index contributed by atoms with van der Waals surface area (Å²) in [6.07, 6.45) is 2.20. The monoisotopic (exact) mass is 214 g/mol. The molecule has 0 bridgehead atoms. The molecule has 15 heavy (non-hydrogen) atoms. The average Bonchev–Trinajstić information content (AvgIpc) is 2.09. The van der Waals surface area contributed by atoms with E-state index in [0.717, 1.165) is 6.21 Å². The molecule has 0 aromatic carbocycles. The molecule has 0 spiro atoms. The molecule has 0 heterocycles. The van der Waals surface area contributed by atoms with Gasteiger partial charge in [-0.05, 0) is 32.8 Å². The zero-order valence-electron chi connectivity index (χ0n) is 9.33. The van der Waals surface area contributed by atoms with Gasteiger partial charge < -0.3 is 15.3 Å². The largest absolute Gasteiger partial charge is 0.444 e. The first kappa shape index (κ1) is 13.6. The van der Waals surface area contributed by atoms with Gasteiger partial charge in [0.2, 0.25) is 0 Å². The maximum Gasteiger partial charge on any atom is 0.411 e. The van der Waals surface area contributed by atoms with Crippen LogP contribution in [-0.2, 0) is 4.74 Å². The van der Waals surface area contributed by atoms with E-state index < -0.39 is 11.7 Å². The third-order valence-corrected chi connectivity index (χ3v) is 1.36. The fourth-order valence-electron chi connectivity index (χ4n) is 0.774. The Morgan fingerprint density at radius 1 is 1.53 bits per heavy atom. The molecule has 0 aliphatic carbocycles. The lowest BCUT2D eigenvalue weighted by atomic mass is 10.2. The molecule has 86 valence electrons. The van der Waals surface area contributed by atoms with Crippen LogP contribution in [0.4, 0.5) is 4.79 Å². The predicted octanol–water partition coefficient (Wildman–Crippen LogP) is 1.43. The average molecular weight is 214 g/mol. The van der Waals surface area contributed by atoms with Crippen LogP contribution in [0.5, 0.6) is 0 Å². The van der Waals surface area contributed by atoms with Crippen LogP contribution in [0.15, 0.2) is 11.8 Å². The maximum absolute atomic E-state index is 11.2. The van der Waals surface area contributed by atoms with E-state index in [1.165, 1.54) is 6.20 Å². The Kier molecular flexibility index (Phi) is 5.62. The molecule has 1 amide bonds. The van der Waals surface area contributed by atoms with E-state index in [1.807, 2.05) is 0 Å². The number of hydrogen-bond acceptors (Lipinski definition) is 4. The standard InChI is InChI=1S/C10H18N2O3/c1-10(2,3)15-9(14)12-7-8(6-11)4-5-13/h6-7,11,13H,4-5H2,1-3H3,(H,12,14)/b8-7-,11-6?. The van der Waals surface area contributed by atoms with Crippen molar-refractivity contribution >= 4 is 12.3 Å². The second-order valence-electron chi connectivity index (χ2n) is 3.98. The number of carbonyl (C=O) groups is 1. The van der Waals surface area contributed by atoms with Crippen molar-refractivity contribution in [2.45, 2.75) is 32.8 Å². The molecule has 0 aliphatic rings. The van der Waals surface area contributed by atoms with Crippen molar-refractivity contribution in [3.63, 3.8) is 0 Å². The lowest BCUT2D eigenvalue weighted by Gasteiger charge is -2.18. The molecule has 5 nitrogen and oxygen atoms in total. The van der Waals surface area contributed by atoms with Crippen LogP contribution in [-0.4, -0.2) is 29.6 Å². The minimum atomic E-state index is -0.570. The summed E-state index contributed by atoms with van der Waals surface area (Å²) >= 11 is 0. The quantitative estimate of drug-likeness (QED) is 0.619. The van der Waals surface area contributed by atoms with Crippen LogP contribution in [0.25, 0.3) is 0 Å². The highest BCUT2D eigenvalue weighted by Gasteiger charge is 2.14. The Labute approximate surface area is 89.6 Å². The minimum absolute atomic E-state index is 0.0583. The fourth-order valence-corrected chi connectivity index (χ4v) is 0.774. The number of alkyl carbamates (subject to hydrolysis) is 1. The van der Waals surface area contributed by atoms with Gasteiger partial charge in [-0.25, -0.2) is 4.79 Å². The van der Waals surface area contributed by atoms with Gasteiger partial charge in [0.25, 0.3) is 0 Å². The first-order chi connectivity index (χ1) is 6.89. The molecular formula is C10H18N2O3. The zero-order chi connectivity index (χ0) is 11.9. The second kappa shape index (κ2) is 6.19. The van der Waals surface area contributed by atoms with Crippen LogP contribution in [0.2, 0.25) is 0 Å². The van der Waals surface area contributed by atoms with E-state index in [-0.39, 0.29) is 6.61 Å². The van der Waals surface area contributed by atoms with Gasteiger partial charge >= 0.3 is 6.09 Å². The van der Waals surface area contributed by atoms with E-state index in [4.69, 9.17) is 15.3 Å². The van der Waals surface area contributed by atoms with Crippen molar-refractivity contribution in [2.75, 3.05) is 6.61 Å². The normalized spacial score (nSPS) is 12.1. The van der Waals surface area contributed by atoms with Gasteiger partial charge in [0.05, 0.1) is 0 Å². The molecule has 5 heteroatoms. The summed E-state index contributed by atoms with van der Waals surface area (Å²) in [5.74, 6) is 0. The Morgan fingerprint density at radius 3 is 2.53 bits per heavy atom. The van der Waals surface area contributed by atoms with Crippen molar-refractivity contribution in [2.24, 2.45) is 0 Å². The summed E-state index contributed by atoms with van der Waals surface area (Å²) in [6.45, 7) is 5.24. The van der Waals surface area contributed by atoms with Crippen molar-refractivity contribution in [3.05, 3.63) is 11.8 Å². The van der Waals surface area contributed by atoms with Gasteiger partial charge in [0, 0.05) is 19.0 Å². The van der Waals surface area contributed by atoms with Crippen molar-refractivity contribution in [1.29, 1.82) is 5.41 Å². The maximum atomic E-state index is 11.2. The highest BCUT2D eigenvalue weighted by molar-refractivity contribution is 5.77. The summed E-state index contributed by atoms with van der Waals surface area (Å²) in [5.41, 5.74) is -0.0110. The Bertz CT molecular complexity index is 254. The molecule has 0 unspecified atom stereocenters. The molecule has 0 fully saturated rings. The Balaban J connectivity index is 4.12. The van der Waals surface area contributed by atoms with Gasteiger partial charge in [-0.2, -0.15) is 0 Å². The molecule has 3 N–H and O–H groups in total. The summed E-state index contributed by atoms with van der Waals surface area (Å²) in [6, 6.07) is 0. The first-order valence-corrected chi connectivity index (χ1v) is 4.69. The number of aliphatic hydroxyl groups excluding tert-OH is 1. The molecule has 0 saturated carbocycles. The van der Waals surface area contributed by atoms with E-state index in [1.54, 1.807) is 20.8 Å². The Morgan fingerprint density at radius 2 is 2.13 bits per heavy atom. The highest BCUT2D eigenvalue weighted by atomic mass is 16.6. The summed E-state index contributed by atoms with van der Waals surface area (Å²) in [5, 5.41) is 18.0. The highest BCUT2D eigenvalue weighted by Crippen LogP contribution is 2.06. The zero-order valence-corrected chi connectivity index (χ0v) is 9.33. The van der Waals surface area contributed by atoms with Crippen LogP contribution < -0.4 is 5.32 Å². The van der Waals surface area contributed by atoms with Crippen LogP contribution in [0, 0.1) is 5.41 Å². The van der Waals surface area contributed by atoms with E-state index >= 15 is 0 Å². The van der Waals surface area contributed by atoms with E-state index in [9.17, 15) is 4.79 Å². The number of rotatable bonds is 4. The van der Waals surface area contributed by atoms with Gasteiger partial charge in [-0.15, -0.1) is 0 Å². The lowest BCUT2D eigenvalue weighted by molar-refractivity contribution is 0.0552. The lowest BCUT2D eigenvalue weighted by Crippen LogP contribution is -2.30. The number of aliphatic hydroxyl groups is 1. The van der Waals surface area contributed by atoms with Gasteiger partial charge in [0.1, 0.15) is 5.60 Å². The van der Waals surface area contributed by atoms with Crippen LogP contribution in [0.3, 0.4) is 0 Å². The number of hydrogen-bond donors (Lipinski definition) is 3. The molecule has 0 saturated heterocycles. The molecule has 0 radical (unpaired) electrons. The fraction of sp³-hybridized carbons (Fsp3) is 0.600. The second-order valence-corrected chi connectivity index (χ2v) is 3.98. The van der Waals surface area contributed by atoms with Crippen molar-refractivity contribution < 1.29 is 14.6 Å². The molecule has 0 aromatic heterocycles. The Hall–Kier alpha value is -1.36. The number of ether oxygens (including phenoxy) is 1. The van der Waals surface area contributed by atoms with Crippen molar-refractivity contribution in [3.8, 4) is 0 Å². The van der Waals surface area contributed by atoms with Gasteiger partial charge in [-0.3, -0.25) is 5.32 Å². The van der Waals surface area contributed by atoms with Crippen LogP contribution >= 0.6 is 0 Å². The van der Waals surface area contributed by atoms with Crippen molar-refractivity contribution in [1.82, 2.24) is 5.32 Å². The topological polar surface area (TPSA) is 82.4 Å². The SMILES string of the molecule is CC(C)(C)OC(=O)N/C=C(\C=N)CCO. The van der Waals surface area contributed by atoms with Gasteiger partial charge in [-0.1, -0.05) is 0 Å². The summed E-state index contributed by atoms with van der Waals surface area (Å²) in [7, 11) is 0. The molecule has 0 atom stereocenters. The molecular weight excluding hydrogens is 196 g/mol. The minimum Gasteiger partial charge on any atom is -0.444 e. The van der Waals surface area contributed by atoms with E-state index in [2.05, 4.69) is 5.32 Å². The predicted molar refractivity (Wildman–Crippen MR) is 57.9 cm³/mol. The molecule has 0 aromatic rings. The number of carbonyl (C=O) groups excluding carboxylic acids is 1. The summed E-state index contributed by atoms with van der Waals surface area (Å²) < 4.78 is 4.98. The van der Waals surface area contributed by atoms with Gasteiger partial charge in [0.15, 0.2) is 0 Å². The molecule has 0 aliphatic heterocycles. The molecule has 0 rings (SSSR count). The smallest absolute Gasteiger partial charge is 0.411 e. The van der Waals surface area contributed by atoms with E-state index in [0.29, 0.717) is 12.0 Å². The first-order valence-electron chi connectivity index (χ1n) is 4.69. The third kappa shape index (κ3) is 7.69. The summed E-state index contributed by atoms with van der Waals surface area (Å²) in [4.78, 5) is 11.2. The number of amides is 1. The third-order valence-electron chi connectivity index (χ3n) is 1.36. The number of nitrogens with one attached hydrogen (secondary N) is 2. The van der Waals surface area contributed by atoms with Crippen LogP contribution in [0.1, 0.15) is 27.2 Å².